The summed E-state index contributed by atoms with van der Waals surface area (Å²) < 4.78 is 13.0. The summed E-state index contributed by atoms with van der Waals surface area (Å²) in [5.74, 6) is -0.171. The van der Waals surface area contributed by atoms with Crippen molar-refractivity contribution in [1.29, 1.82) is 0 Å². The molecule has 0 atom stereocenters. The molecule has 0 saturated carbocycles. The van der Waals surface area contributed by atoms with Crippen LogP contribution in [0.3, 0.4) is 0 Å². The van der Waals surface area contributed by atoms with Gasteiger partial charge in [0.05, 0.1) is 6.20 Å². The Morgan fingerprint density at radius 1 is 1.29 bits per heavy atom. The molecule has 0 aliphatic carbocycles. The van der Waals surface area contributed by atoms with Gasteiger partial charge in [-0.15, -0.1) is 0 Å². The van der Waals surface area contributed by atoms with E-state index in [1.165, 1.54) is 6.07 Å². The lowest BCUT2D eigenvalue weighted by Crippen LogP contribution is -1.84. The zero-order valence-electron chi connectivity index (χ0n) is 8.13. The summed E-state index contributed by atoms with van der Waals surface area (Å²) in [6, 6.07) is 5.07. The topological polar surface area (TPSA) is 28.7 Å². The molecule has 1 aromatic heterocycles. The van der Waals surface area contributed by atoms with Crippen LogP contribution in [0.2, 0.25) is 0 Å². The van der Waals surface area contributed by atoms with Crippen LogP contribution in [0.5, 0.6) is 0 Å². The van der Waals surface area contributed by atoms with E-state index in [4.69, 9.17) is 0 Å². The van der Waals surface area contributed by atoms with Crippen molar-refractivity contribution in [1.82, 2.24) is 10.2 Å². The van der Waals surface area contributed by atoms with Crippen molar-refractivity contribution in [3.63, 3.8) is 0 Å². The minimum Gasteiger partial charge on any atom is -0.282 e. The smallest absolute Gasteiger partial charge is 0.126 e. The van der Waals surface area contributed by atoms with Crippen LogP contribution >= 0.6 is 0 Å². The van der Waals surface area contributed by atoms with Crippen LogP contribution in [0.15, 0.2) is 24.4 Å². The number of nitrogens with one attached hydrogen (secondary N) is 1. The molecule has 1 heterocycles. The molecule has 2 nitrogen and oxygen atoms in total. The summed E-state index contributed by atoms with van der Waals surface area (Å²) >= 11 is 0. The molecule has 0 unspecified atom stereocenters. The molecule has 3 heteroatoms. The molecular weight excluding hydrogens is 179 g/mol. The minimum atomic E-state index is -0.171. The van der Waals surface area contributed by atoms with Crippen molar-refractivity contribution in [2.45, 2.75) is 13.8 Å². The maximum Gasteiger partial charge on any atom is 0.126 e. The monoisotopic (exact) mass is 190 g/mol. The fraction of sp³-hybridized carbons (Fsp3) is 0.182. The first kappa shape index (κ1) is 8.94. The van der Waals surface area contributed by atoms with Gasteiger partial charge in [0.1, 0.15) is 5.82 Å². The lowest BCUT2D eigenvalue weighted by Gasteiger charge is -2.01. The number of aromatic nitrogens is 2. The maximum atomic E-state index is 13.0. The van der Waals surface area contributed by atoms with Gasteiger partial charge in [-0.2, -0.15) is 5.10 Å². The average Bonchev–Trinajstić information content (AvgIpc) is 2.57. The fourth-order valence-corrected chi connectivity index (χ4v) is 1.45. The quantitative estimate of drug-likeness (QED) is 0.736. The van der Waals surface area contributed by atoms with E-state index in [1.807, 2.05) is 13.0 Å². The first-order chi connectivity index (χ1) is 6.68. The van der Waals surface area contributed by atoms with Gasteiger partial charge in [0.25, 0.3) is 0 Å². The zero-order chi connectivity index (χ0) is 10.1. The van der Waals surface area contributed by atoms with Gasteiger partial charge in [0.2, 0.25) is 0 Å². The van der Waals surface area contributed by atoms with E-state index >= 15 is 0 Å². The molecule has 1 N–H and O–H groups in total. The van der Waals surface area contributed by atoms with Crippen molar-refractivity contribution in [2.24, 2.45) is 0 Å². The first-order valence-electron chi connectivity index (χ1n) is 4.45. The molecule has 0 aliphatic heterocycles. The molecular formula is C11H11FN2. The number of rotatable bonds is 1. The average molecular weight is 190 g/mol. The molecule has 1 aromatic carbocycles. The second-order valence-corrected chi connectivity index (χ2v) is 3.37. The summed E-state index contributed by atoms with van der Waals surface area (Å²) in [4.78, 5) is 0. The summed E-state index contributed by atoms with van der Waals surface area (Å²) in [6.07, 6.45) is 1.75. The predicted octanol–water partition coefficient (Wildman–Crippen LogP) is 2.83. The van der Waals surface area contributed by atoms with Crippen molar-refractivity contribution in [2.75, 3.05) is 0 Å². The second kappa shape index (κ2) is 3.25. The number of aryl methyl sites for hydroxylation is 2. The van der Waals surface area contributed by atoms with Crippen molar-refractivity contribution in [3.8, 4) is 11.1 Å². The van der Waals surface area contributed by atoms with E-state index in [9.17, 15) is 4.39 Å². The first-order valence-corrected chi connectivity index (χ1v) is 4.45. The maximum absolute atomic E-state index is 13.0. The van der Waals surface area contributed by atoms with Gasteiger partial charge in [-0.3, -0.25) is 5.10 Å². The van der Waals surface area contributed by atoms with Gasteiger partial charge in [0.15, 0.2) is 0 Å². The van der Waals surface area contributed by atoms with E-state index < -0.39 is 0 Å². The number of nitrogens with zero attached hydrogens (tertiary/aromatic N) is 1. The third-order valence-electron chi connectivity index (χ3n) is 2.30. The molecule has 2 aromatic rings. The number of H-pyrrole nitrogens is 1. The summed E-state index contributed by atoms with van der Waals surface area (Å²) in [6.45, 7) is 3.70. The van der Waals surface area contributed by atoms with Crippen molar-refractivity contribution in [3.05, 3.63) is 41.5 Å². The van der Waals surface area contributed by atoms with Crippen LogP contribution in [0.1, 0.15) is 11.3 Å². The minimum absolute atomic E-state index is 0.171. The lowest BCUT2D eigenvalue weighted by molar-refractivity contribution is 0.619. The summed E-state index contributed by atoms with van der Waals surface area (Å²) in [5.41, 5.74) is 3.67. The molecule has 0 saturated heterocycles. The van der Waals surface area contributed by atoms with Gasteiger partial charge in [-0.25, -0.2) is 4.39 Å². The van der Waals surface area contributed by atoms with Crippen LogP contribution < -0.4 is 0 Å². The molecule has 0 radical (unpaired) electrons. The molecule has 0 aliphatic rings. The third kappa shape index (κ3) is 1.41. The Balaban J connectivity index is 2.53. The molecule has 72 valence electrons. The zero-order valence-corrected chi connectivity index (χ0v) is 8.13. The highest BCUT2D eigenvalue weighted by Gasteiger charge is 2.05. The van der Waals surface area contributed by atoms with Crippen LogP contribution in [-0.2, 0) is 0 Å². The normalized spacial score (nSPS) is 10.5. The number of halogens is 1. The van der Waals surface area contributed by atoms with E-state index in [-0.39, 0.29) is 5.82 Å². The van der Waals surface area contributed by atoms with Crippen molar-refractivity contribution < 1.29 is 4.39 Å². The molecule has 14 heavy (non-hydrogen) atoms. The fourth-order valence-electron chi connectivity index (χ4n) is 1.45. The van der Waals surface area contributed by atoms with E-state index in [1.54, 1.807) is 19.2 Å². The predicted molar refractivity (Wildman–Crippen MR) is 53.5 cm³/mol. The molecule has 0 spiro atoms. The summed E-state index contributed by atoms with van der Waals surface area (Å²) in [7, 11) is 0. The number of hydrogen-bond donors (Lipinski definition) is 1. The van der Waals surface area contributed by atoms with Crippen LogP contribution in [0.25, 0.3) is 11.1 Å². The van der Waals surface area contributed by atoms with Gasteiger partial charge in [-0.05, 0) is 37.1 Å². The standard InChI is InChI=1S/C11H11FN2/c1-7-5-9(3-4-11(7)12)10-6-13-14-8(10)2/h3-6H,1-2H3,(H,13,14). The Kier molecular flexibility index (Phi) is 2.08. The molecule has 2 rings (SSSR count). The van der Waals surface area contributed by atoms with Crippen LogP contribution in [-0.4, -0.2) is 10.2 Å². The van der Waals surface area contributed by atoms with Gasteiger partial charge in [-0.1, -0.05) is 6.07 Å². The Hall–Kier alpha value is -1.64. The highest BCUT2D eigenvalue weighted by Crippen LogP contribution is 2.23. The van der Waals surface area contributed by atoms with E-state index in [0.717, 1.165) is 16.8 Å². The molecule has 0 bridgehead atoms. The Labute approximate surface area is 81.8 Å². The van der Waals surface area contributed by atoms with Gasteiger partial charge >= 0.3 is 0 Å². The third-order valence-corrected chi connectivity index (χ3v) is 2.30. The molecule has 0 amide bonds. The lowest BCUT2D eigenvalue weighted by atomic mass is 10.0. The van der Waals surface area contributed by atoms with Gasteiger partial charge in [0, 0.05) is 11.3 Å². The van der Waals surface area contributed by atoms with Gasteiger partial charge < -0.3 is 0 Å². The number of hydrogen-bond acceptors (Lipinski definition) is 1. The molecule has 0 fully saturated rings. The highest BCUT2D eigenvalue weighted by molar-refractivity contribution is 5.65. The number of benzene rings is 1. The number of aromatic amines is 1. The highest BCUT2D eigenvalue weighted by atomic mass is 19.1. The summed E-state index contributed by atoms with van der Waals surface area (Å²) in [5, 5.41) is 6.79. The van der Waals surface area contributed by atoms with Crippen LogP contribution in [0.4, 0.5) is 4.39 Å². The Bertz CT molecular complexity index is 460. The SMILES string of the molecule is Cc1cc(-c2cn[nH]c2C)ccc1F. The Morgan fingerprint density at radius 3 is 2.64 bits per heavy atom. The largest absolute Gasteiger partial charge is 0.282 e. The van der Waals surface area contributed by atoms with Crippen LogP contribution in [0, 0.1) is 19.7 Å². The Morgan fingerprint density at radius 2 is 2.07 bits per heavy atom. The van der Waals surface area contributed by atoms with E-state index in [0.29, 0.717) is 5.56 Å². The van der Waals surface area contributed by atoms with Crippen molar-refractivity contribution >= 4 is 0 Å². The van der Waals surface area contributed by atoms with E-state index in [2.05, 4.69) is 10.2 Å². The second-order valence-electron chi connectivity index (χ2n) is 3.37.